The van der Waals surface area contributed by atoms with Gasteiger partial charge in [-0.2, -0.15) is 13.7 Å². The van der Waals surface area contributed by atoms with Crippen molar-refractivity contribution in [1.29, 1.82) is 5.26 Å². The van der Waals surface area contributed by atoms with Crippen LogP contribution in [0.15, 0.2) is 35.4 Å². The fraction of sp³-hybridized carbons (Fsp3) is 0.0769. The molecule has 2 aromatic rings. The maximum atomic E-state index is 13.3. The van der Waals surface area contributed by atoms with Gasteiger partial charge in [-0.25, -0.2) is 4.39 Å². The Hall–Kier alpha value is -2.41. The maximum absolute atomic E-state index is 13.3. The fourth-order valence-electron chi connectivity index (χ4n) is 1.82. The van der Waals surface area contributed by atoms with E-state index in [0.717, 1.165) is 24.4 Å². The van der Waals surface area contributed by atoms with E-state index in [1.165, 1.54) is 17.7 Å². The Bertz CT molecular complexity index is 902. The van der Waals surface area contributed by atoms with Crippen molar-refractivity contribution in [1.82, 2.24) is 4.57 Å². The first kappa shape index (κ1) is 18.6. The average molecular weight is 360 g/mol. The maximum Gasteiger partial charge on any atom is 0.296 e. The highest BCUT2D eigenvalue weighted by Gasteiger charge is 2.18. The van der Waals surface area contributed by atoms with Crippen LogP contribution in [0.2, 0.25) is 0 Å². The van der Waals surface area contributed by atoms with Crippen LogP contribution in [0.3, 0.4) is 0 Å². The van der Waals surface area contributed by atoms with Crippen LogP contribution < -0.4 is 5.32 Å². The Kier molecular flexibility index (Phi) is 5.50. The second-order valence-electron chi connectivity index (χ2n) is 4.44. The van der Waals surface area contributed by atoms with Gasteiger partial charge in [0.25, 0.3) is 16.0 Å². The van der Waals surface area contributed by atoms with Gasteiger partial charge in [0.2, 0.25) is 0 Å². The first-order chi connectivity index (χ1) is 10.2. The van der Waals surface area contributed by atoms with Crippen molar-refractivity contribution in [3.63, 3.8) is 0 Å². The summed E-state index contributed by atoms with van der Waals surface area (Å²) >= 11 is 0. The molecule has 122 valence electrons. The van der Waals surface area contributed by atoms with Gasteiger partial charge in [-0.05, 0) is 24.3 Å². The fourth-order valence-corrected chi connectivity index (χ4v) is 2.37. The number of anilines is 1. The minimum Gasteiger partial charge on any atom is -0.345 e. The van der Waals surface area contributed by atoms with Gasteiger partial charge < -0.3 is 9.88 Å². The topological polar surface area (TPSA) is 112 Å². The average Bonchev–Trinajstić information content (AvgIpc) is 2.80. The Morgan fingerprint density at radius 3 is 2.52 bits per heavy atom. The summed E-state index contributed by atoms with van der Waals surface area (Å²) in [6.45, 7) is 0. The number of nitriles is 1. The summed E-state index contributed by atoms with van der Waals surface area (Å²) in [7, 11) is -3.02. The second kappa shape index (κ2) is 6.78. The lowest BCUT2D eigenvalue weighted by atomic mass is 10.2. The quantitative estimate of drug-likeness (QED) is 0.813. The third kappa shape index (κ3) is 4.29. The summed E-state index contributed by atoms with van der Waals surface area (Å²) in [4.78, 5) is 11.6. The number of aromatic nitrogens is 1. The molecule has 0 atom stereocenters. The number of nitrogens with one attached hydrogen (secondary N) is 1. The second-order valence-corrected chi connectivity index (χ2v) is 5.86. The predicted octanol–water partition coefficient (Wildman–Crippen LogP) is 1.96. The van der Waals surface area contributed by atoms with Crippen molar-refractivity contribution in [2.45, 2.75) is 4.90 Å². The molecule has 7 nitrogen and oxygen atoms in total. The SMILES string of the molecule is Cl.Cn1cc(S(=O)(=O)O)cc1C(=O)Nc1cc(F)cc(C#N)c1. The Labute approximate surface area is 137 Å². The highest BCUT2D eigenvalue weighted by Crippen LogP contribution is 2.17. The van der Waals surface area contributed by atoms with Crippen molar-refractivity contribution < 1.29 is 22.2 Å². The van der Waals surface area contributed by atoms with Crippen LogP contribution in [-0.4, -0.2) is 23.4 Å². The van der Waals surface area contributed by atoms with E-state index in [0.29, 0.717) is 0 Å². The van der Waals surface area contributed by atoms with Crippen molar-refractivity contribution in [2.75, 3.05) is 5.32 Å². The number of halogens is 2. The number of carbonyl (C=O) groups excluding carboxylic acids is 1. The molecule has 0 aliphatic rings. The predicted molar refractivity (Wildman–Crippen MR) is 81.5 cm³/mol. The van der Waals surface area contributed by atoms with Gasteiger partial charge in [0.15, 0.2) is 0 Å². The number of amides is 1. The molecule has 0 aliphatic heterocycles. The van der Waals surface area contributed by atoms with Gasteiger partial charge in [0.05, 0.1) is 11.6 Å². The lowest BCUT2D eigenvalue weighted by Gasteiger charge is -2.06. The first-order valence-corrected chi connectivity index (χ1v) is 7.30. The van der Waals surface area contributed by atoms with Crippen molar-refractivity contribution in [3.8, 4) is 6.07 Å². The van der Waals surface area contributed by atoms with E-state index in [-0.39, 0.29) is 29.4 Å². The molecule has 23 heavy (non-hydrogen) atoms. The summed E-state index contributed by atoms with van der Waals surface area (Å²) in [6.07, 6.45) is 1.07. The Morgan fingerprint density at radius 2 is 2.00 bits per heavy atom. The highest BCUT2D eigenvalue weighted by molar-refractivity contribution is 7.85. The molecule has 0 bridgehead atoms. The van der Waals surface area contributed by atoms with Gasteiger partial charge >= 0.3 is 0 Å². The van der Waals surface area contributed by atoms with Gasteiger partial charge in [-0.15, -0.1) is 12.4 Å². The van der Waals surface area contributed by atoms with E-state index >= 15 is 0 Å². The summed E-state index contributed by atoms with van der Waals surface area (Å²) in [5, 5.41) is 11.1. The summed E-state index contributed by atoms with van der Waals surface area (Å²) in [5.74, 6) is -1.41. The molecule has 0 fully saturated rings. The molecule has 0 aliphatic carbocycles. The molecular formula is C13H11ClFN3O4S. The van der Waals surface area contributed by atoms with Crippen molar-refractivity contribution in [3.05, 3.63) is 47.5 Å². The lowest BCUT2D eigenvalue weighted by Crippen LogP contribution is -2.15. The monoisotopic (exact) mass is 359 g/mol. The highest BCUT2D eigenvalue weighted by atomic mass is 35.5. The number of hydrogen-bond donors (Lipinski definition) is 2. The van der Waals surface area contributed by atoms with Crippen LogP contribution in [0.1, 0.15) is 16.1 Å². The van der Waals surface area contributed by atoms with E-state index in [4.69, 9.17) is 9.81 Å². The van der Waals surface area contributed by atoms with Crippen LogP contribution in [0.4, 0.5) is 10.1 Å². The summed E-state index contributed by atoms with van der Waals surface area (Å²) in [5.41, 5.74) is 0.0207. The standard InChI is InChI=1S/C13H10FN3O4S.ClH/c1-17-7-11(22(19,20)21)5-12(17)13(18)16-10-3-8(6-15)2-9(14)4-10;/h2-5,7H,1H3,(H,16,18)(H,19,20,21);1H. The molecule has 1 aromatic carbocycles. The molecule has 0 saturated heterocycles. The zero-order valence-corrected chi connectivity index (χ0v) is 13.3. The molecule has 1 amide bonds. The number of benzene rings is 1. The number of hydrogen-bond acceptors (Lipinski definition) is 4. The number of aryl methyl sites for hydroxylation is 1. The van der Waals surface area contributed by atoms with E-state index in [1.54, 1.807) is 6.07 Å². The molecule has 2 rings (SSSR count). The van der Waals surface area contributed by atoms with E-state index < -0.39 is 26.7 Å². The zero-order valence-electron chi connectivity index (χ0n) is 11.6. The minimum absolute atomic E-state index is 0. The van der Waals surface area contributed by atoms with Crippen LogP contribution in [-0.2, 0) is 17.2 Å². The number of carbonyl (C=O) groups is 1. The van der Waals surface area contributed by atoms with Gasteiger partial charge in [0.1, 0.15) is 16.4 Å². The van der Waals surface area contributed by atoms with Gasteiger partial charge in [-0.3, -0.25) is 9.35 Å². The smallest absolute Gasteiger partial charge is 0.296 e. The normalized spacial score (nSPS) is 10.5. The van der Waals surface area contributed by atoms with Gasteiger partial charge in [0, 0.05) is 18.9 Å². The molecular weight excluding hydrogens is 349 g/mol. The molecule has 0 spiro atoms. The zero-order chi connectivity index (χ0) is 16.5. The largest absolute Gasteiger partial charge is 0.345 e. The Balaban J connectivity index is 0.00000264. The molecule has 2 N–H and O–H groups in total. The number of rotatable bonds is 3. The van der Waals surface area contributed by atoms with Crippen molar-refractivity contribution in [2.24, 2.45) is 7.05 Å². The summed E-state index contributed by atoms with van der Waals surface area (Å²) < 4.78 is 45.5. The van der Waals surface area contributed by atoms with E-state index in [9.17, 15) is 17.6 Å². The Morgan fingerprint density at radius 1 is 1.35 bits per heavy atom. The van der Waals surface area contributed by atoms with Crippen molar-refractivity contribution >= 4 is 34.1 Å². The number of nitrogens with zero attached hydrogens (tertiary/aromatic N) is 2. The molecule has 1 heterocycles. The third-order valence-electron chi connectivity index (χ3n) is 2.80. The molecule has 1 aromatic heterocycles. The van der Waals surface area contributed by atoms with Crippen LogP contribution in [0.25, 0.3) is 0 Å². The van der Waals surface area contributed by atoms with Crippen LogP contribution in [0, 0.1) is 17.1 Å². The van der Waals surface area contributed by atoms with Gasteiger partial charge in [-0.1, -0.05) is 0 Å². The molecule has 0 radical (unpaired) electrons. The lowest BCUT2D eigenvalue weighted by molar-refractivity contribution is 0.101. The molecule has 0 saturated carbocycles. The third-order valence-corrected chi connectivity index (χ3v) is 3.61. The summed E-state index contributed by atoms with van der Waals surface area (Å²) in [6, 6.07) is 6.03. The molecule has 10 heteroatoms. The molecule has 0 unspecified atom stereocenters. The first-order valence-electron chi connectivity index (χ1n) is 5.86. The van der Waals surface area contributed by atoms with Crippen LogP contribution >= 0.6 is 12.4 Å². The minimum atomic E-state index is -4.43. The van der Waals surface area contributed by atoms with Crippen LogP contribution in [0.5, 0.6) is 0 Å². The van der Waals surface area contributed by atoms with E-state index in [2.05, 4.69) is 5.32 Å². The van der Waals surface area contributed by atoms with E-state index in [1.807, 2.05) is 0 Å².